The van der Waals surface area contributed by atoms with Crippen LogP contribution < -0.4 is 15.5 Å². The second kappa shape index (κ2) is 8.58. The van der Waals surface area contributed by atoms with Crippen LogP contribution >= 0.6 is 0 Å². The van der Waals surface area contributed by atoms with Crippen LogP contribution in [-0.4, -0.2) is 41.9 Å². The largest absolute Gasteiger partial charge is 0.437 e. The van der Waals surface area contributed by atoms with Crippen LogP contribution in [0.15, 0.2) is 54.6 Å². The molecule has 0 bridgehead atoms. The van der Waals surface area contributed by atoms with Crippen molar-refractivity contribution >= 4 is 17.5 Å². The third-order valence-electron chi connectivity index (χ3n) is 5.53. The van der Waals surface area contributed by atoms with Crippen LogP contribution in [0.5, 0.6) is 0 Å². The van der Waals surface area contributed by atoms with Crippen molar-refractivity contribution in [3.8, 4) is 0 Å². The molecule has 2 aromatic rings. The van der Waals surface area contributed by atoms with Crippen LogP contribution in [-0.2, 0) is 0 Å². The molecular weight excluding hydrogens is 411 g/mol. The summed E-state index contributed by atoms with van der Waals surface area (Å²) in [4.78, 5) is 27.3. The highest BCUT2D eigenvalue weighted by molar-refractivity contribution is 6.00. The van der Waals surface area contributed by atoms with Gasteiger partial charge in [0.15, 0.2) is 5.78 Å². The van der Waals surface area contributed by atoms with Gasteiger partial charge in [-0.05, 0) is 31.5 Å². The molecule has 3 atom stereocenters. The molecule has 6 nitrogen and oxygen atoms in total. The van der Waals surface area contributed by atoms with Crippen molar-refractivity contribution in [1.29, 1.82) is 0 Å². The molecule has 3 rings (SSSR count). The van der Waals surface area contributed by atoms with Crippen molar-refractivity contribution in [3.63, 3.8) is 0 Å². The smallest absolute Gasteiger partial charge is 0.372 e. The molecule has 0 aliphatic carbocycles. The number of aliphatic hydroxyl groups is 1. The van der Waals surface area contributed by atoms with E-state index in [0.717, 1.165) is 18.8 Å². The van der Waals surface area contributed by atoms with Crippen LogP contribution in [0.3, 0.4) is 0 Å². The monoisotopic (exact) mass is 435 g/mol. The molecule has 31 heavy (non-hydrogen) atoms. The average molecular weight is 435 g/mol. The lowest BCUT2D eigenvalue weighted by Gasteiger charge is -2.45. The van der Waals surface area contributed by atoms with E-state index in [-0.39, 0.29) is 11.1 Å². The summed E-state index contributed by atoms with van der Waals surface area (Å²) in [5.74, 6) is -2.97. The molecule has 0 spiro atoms. The maximum absolute atomic E-state index is 13.9. The van der Waals surface area contributed by atoms with Gasteiger partial charge in [0.05, 0.1) is 6.04 Å². The number of hydrogen-bond donors (Lipinski definition) is 3. The fourth-order valence-electron chi connectivity index (χ4n) is 3.88. The number of benzene rings is 2. The van der Waals surface area contributed by atoms with Crippen molar-refractivity contribution < 1.29 is 27.9 Å². The summed E-state index contributed by atoms with van der Waals surface area (Å²) in [6, 6.07) is 11.3. The van der Waals surface area contributed by atoms with Gasteiger partial charge in [0.25, 0.3) is 0 Å². The van der Waals surface area contributed by atoms with E-state index in [4.69, 9.17) is 0 Å². The predicted molar refractivity (Wildman–Crippen MR) is 110 cm³/mol. The fraction of sp³-hybridized carbons (Fsp3) is 0.364. The second-order valence-electron chi connectivity index (χ2n) is 7.31. The lowest BCUT2D eigenvalue weighted by atomic mass is 9.77. The summed E-state index contributed by atoms with van der Waals surface area (Å²) in [5, 5.41) is 14.5. The molecule has 2 aromatic carbocycles. The number of halogens is 3. The first-order valence-electron chi connectivity index (χ1n) is 9.94. The Kier molecular flexibility index (Phi) is 6.26. The summed E-state index contributed by atoms with van der Waals surface area (Å²) in [5.41, 5.74) is -2.60. The molecule has 1 saturated heterocycles. The first kappa shape index (κ1) is 22.6. The van der Waals surface area contributed by atoms with E-state index < -0.39 is 35.7 Å². The third-order valence-corrected chi connectivity index (χ3v) is 5.53. The number of nitrogens with zero attached hydrogens (tertiary/aromatic N) is 1. The fourth-order valence-corrected chi connectivity index (χ4v) is 3.88. The van der Waals surface area contributed by atoms with Gasteiger partial charge >= 0.3 is 12.2 Å². The first-order chi connectivity index (χ1) is 14.6. The number of Topliss-reactive ketones (excluding diaryl/α,β-unsaturated/α-hetero) is 1. The molecule has 0 unspecified atom stereocenters. The average Bonchev–Trinajstić information content (AvgIpc) is 2.74. The minimum Gasteiger partial charge on any atom is -0.372 e. The summed E-state index contributed by atoms with van der Waals surface area (Å²) < 4.78 is 41.8. The van der Waals surface area contributed by atoms with E-state index in [1.807, 2.05) is 18.7 Å². The minimum atomic E-state index is -5.28. The molecule has 1 aliphatic heterocycles. The summed E-state index contributed by atoms with van der Waals surface area (Å²) in [6.07, 6.45) is -5.28. The Morgan fingerprint density at radius 1 is 1.06 bits per heavy atom. The van der Waals surface area contributed by atoms with Gasteiger partial charge in [-0.1, -0.05) is 42.5 Å². The number of carbonyl (C=O) groups excluding carboxylic acids is 2. The number of alkyl halides is 3. The van der Waals surface area contributed by atoms with E-state index in [2.05, 4.69) is 5.32 Å². The van der Waals surface area contributed by atoms with E-state index in [9.17, 15) is 27.9 Å². The zero-order chi connectivity index (χ0) is 22.8. The van der Waals surface area contributed by atoms with E-state index in [1.54, 1.807) is 30.3 Å². The highest BCUT2D eigenvalue weighted by Crippen LogP contribution is 2.44. The van der Waals surface area contributed by atoms with Gasteiger partial charge < -0.3 is 20.6 Å². The Bertz CT molecular complexity index is 931. The van der Waals surface area contributed by atoms with E-state index >= 15 is 0 Å². The van der Waals surface area contributed by atoms with Crippen LogP contribution in [0, 0.1) is 5.92 Å². The van der Waals surface area contributed by atoms with Gasteiger partial charge in [-0.25, -0.2) is 4.79 Å². The van der Waals surface area contributed by atoms with Gasteiger partial charge in [-0.15, -0.1) is 0 Å². The zero-order valence-electron chi connectivity index (χ0n) is 17.1. The quantitative estimate of drug-likeness (QED) is 0.606. The van der Waals surface area contributed by atoms with Crippen LogP contribution in [0.1, 0.15) is 35.8 Å². The van der Waals surface area contributed by atoms with E-state index in [0.29, 0.717) is 0 Å². The number of urea groups is 1. The van der Waals surface area contributed by atoms with Gasteiger partial charge in [0.1, 0.15) is 5.92 Å². The highest BCUT2D eigenvalue weighted by Gasteiger charge is 2.66. The van der Waals surface area contributed by atoms with Gasteiger partial charge in [0.2, 0.25) is 5.72 Å². The Balaban J connectivity index is 2.09. The Hall–Kier alpha value is -3.07. The number of anilines is 1. The molecular formula is C22H24F3N3O3. The molecule has 0 radical (unpaired) electrons. The number of amides is 2. The molecule has 0 saturated carbocycles. The first-order valence-corrected chi connectivity index (χ1v) is 9.94. The zero-order valence-corrected chi connectivity index (χ0v) is 17.1. The van der Waals surface area contributed by atoms with Crippen molar-refractivity contribution in [2.24, 2.45) is 5.92 Å². The Morgan fingerprint density at radius 2 is 1.65 bits per heavy atom. The maximum atomic E-state index is 13.9. The molecule has 166 valence electrons. The SMILES string of the molecule is CCN(CC)c1ccc([C@H]2NC(=O)N[C@@](O)(C(F)(F)F)[C@H]2C(=O)c2ccccc2)cc1. The summed E-state index contributed by atoms with van der Waals surface area (Å²) in [6.45, 7) is 5.43. The summed E-state index contributed by atoms with van der Waals surface area (Å²) in [7, 11) is 0. The molecule has 1 aliphatic rings. The summed E-state index contributed by atoms with van der Waals surface area (Å²) >= 11 is 0. The van der Waals surface area contributed by atoms with Crippen LogP contribution in [0.25, 0.3) is 0 Å². The van der Waals surface area contributed by atoms with Gasteiger partial charge in [0, 0.05) is 24.3 Å². The van der Waals surface area contributed by atoms with Crippen molar-refractivity contribution in [3.05, 3.63) is 65.7 Å². The van der Waals surface area contributed by atoms with Crippen LogP contribution in [0.2, 0.25) is 0 Å². The molecule has 9 heteroatoms. The predicted octanol–water partition coefficient (Wildman–Crippen LogP) is 3.64. The van der Waals surface area contributed by atoms with Gasteiger partial charge in [-0.3, -0.25) is 4.79 Å². The number of carbonyl (C=O) groups is 2. The Labute approximate surface area is 178 Å². The standard InChI is InChI=1S/C22H24F3N3O3/c1-3-28(4-2)16-12-10-14(11-13-16)18-17(19(29)15-8-6-5-7-9-15)21(31,22(23,24)25)27-20(30)26-18/h5-13,17-18,31H,3-4H2,1-2H3,(H2,26,27,30)/t17-,18-,21+/m1/s1. The molecule has 1 fully saturated rings. The maximum Gasteiger partial charge on any atom is 0.437 e. The number of rotatable bonds is 6. The van der Waals surface area contributed by atoms with Gasteiger partial charge in [-0.2, -0.15) is 13.2 Å². The highest BCUT2D eigenvalue weighted by atomic mass is 19.4. The third kappa shape index (κ3) is 4.23. The lowest BCUT2D eigenvalue weighted by Crippen LogP contribution is -2.72. The molecule has 1 heterocycles. The van der Waals surface area contributed by atoms with Crippen molar-refractivity contribution in [2.75, 3.05) is 18.0 Å². The topological polar surface area (TPSA) is 81.7 Å². The molecule has 2 amide bonds. The molecule has 3 N–H and O–H groups in total. The lowest BCUT2D eigenvalue weighted by molar-refractivity contribution is -0.287. The van der Waals surface area contributed by atoms with Crippen molar-refractivity contribution in [1.82, 2.24) is 10.6 Å². The Morgan fingerprint density at radius 3 is 2.16 bits per heavy atom. The normalized spacial score (nSPS) is 23.6. The number of ketones is 1. The van der Waals surface area contributed by atoms with Crippen molar-refractivity contribution in [2.45, 2.75) is 31.8 Å². The number of hydrogen-bond acceptors (Lipinski definition) is 4. The van der Waals surface area contributed by atoms with Crippen LogP contribution in [0.4, 0.5) is 23.7 Å². The second-order valence-corrected chi connectivity index (χ2v) is 7.31. The molecule has 0 aromatic heterocycles. The minimum absolute atomic E-state index is 0.00196. The van der Waals surface area contributed by atoms with E-state index in [1.165, 1.54) is 29.6 Å². The number of nitrogens with one attached hydrogen (secondary N) is 2.